The minimum Gasteiger partial charge on any atom is -0.362 e. The van der Waals surface area contributed by atoms with Crippen LogP contribution >= 0.6 is 12.2 Å². The Morgan fingerprint density at radius 1 is 1.56 bits per heavy atom. The molecule has 1 aromatic rings. The van der Waals surface area contributed by atoms with E-state index in [1.807, 2.05) is 6.07 Å². The van der Waals surface area contributed by atoms with Crippen LogP contribution < -0.4 is 16.2 Å². The topological polar surface area (TPSA) is 46.1 Å². The zero-order chi connectivity index (χ0) is 12.1. The third-order valence-corrected chi connectivity index (χ3v) is 2.28. The van der Waals surface area contributed by atoms with E-state index in [1.165, 1.54) is 10.6 Å². The number of hydrogen-bond donors (Lipinski definition) is 2. The highest BCUT2D eigenvalue weighted by Gasteiger charge is 2.00. The van der Waals surface area contributed by atoms with Crippen LogP contribution in [0.3, 0.4) is 0 Å². The number of thiocarbonyl (C=S) groups is 1. The minimum absolute atomic E-state index is 0.0586. The summed E-state index contributed by atoms with van der Waals surface area (Å²) in [4.78, 5) is 11.3. The van der Waals surface area contributed by atoms with E-state index in [-0.39, 0.29) is 5.56 Å². The van der Waals surface area contributed by atoms with Crippen LogP contribution in [-0.4, -0.2) is 16.2 Å². The second-order valence-electron chi connectivity index (χ2n) is 4.09. The Morgan fingerprint density at radius 3 is 2.81 bits per heavy atom. The van der Waals surface area contributed by atoms with Gasteiger partial charge in [-0.05, 0) is 24.2 Å². The number of anilines is 1. The predicted octanol–water partition coefficient (Wildman–Crippen LogP) is 1.33. The Labute approximate surface area is 101 Å². The van der Waals surface area contributed by atoms with E-state index in [4.69, 9.17) is 12.2 Å². The van der Waals surface area contributed by atoms with E-state index in [2.05, 4.69) is 24.5 Å². The molecule has 0 saturated carbocycles. The summed E-state index contributed by atoms with van der Waals surface area (Å²) in [7, 11) is 1.71. The summed E-state index contributed by atoms with van der Waals surface area (Å²) in [6.07, 6.45) is 1.70. The number of nitrogens with zero attached hydrogens (tertiary/aromatic N) is 1. The average Bonchev–Trinajstić information content (AvgIpc) is 2.21. The summed E-state index contributed by atoms with van der Waals surface area (Å²) in [6.45, 7) is 5.03. The molecule has 0 aromatic carbocycles. The molecule has 0 atom stereocenters. The molecule has 2 N–H and O–H groups in total. The van der Waals surface area contributed by atoms with Crippen LogP contribution in [0, 0.1) is 5.92 Å². The van der Waals surface area contributed by atoms with E-state index in [0.29, 0.717) is 16.7 Å². The highest BCUT2D eigenvalue weighted by molar-refractivity contribution is 7.80. The van der Waals surface area contributed by atoms with Crippen LogP contribution in [0.15, 0.2) is 23.1 Å². The maximum atomic E-state index is 11.3. The summed E-state index contributed by atoms with van der Waals surface area (Å²) < 4.78 is 1.51. The SMILES string of the molecule is CC(C)CNC(=S)Nc1ccn(C)c(=O)c1. The molecule has 0 unspecified atom stereocenters. The van der Waals surface area contributed by atoms with Gasteiger partial charge in [-0.2, -0.15) is 0 Å². The van der Waals surface area contributed by atoms with Crippen molar-refractivity contribution < 1.29 is 0 Å². The van der Waals surface area contributed by atoms with E-state index >= 15 is 0 Å². The lowest BCUT2D eigenvalue weighted by molar-refractivity contribution is 0.627. The lowest BCUT2D eigenvalue weighted by Gasteiger charge is -2.12. The van der Waals surface area contributed by atoms with Crippen molar-refractivity contribution in [3.05, 3.63) is 28.7 Å². The summed E-state index contributed by atoms with van der Waals surface area (Å²) in [5.41, 5.74) is 0.654. The lowest BCUT2D eigenvalue weighted by atomic mass is 10.2. The molecule has 1 aromatic heterocycles. The third kappa shape index (κ3) is 4.02. The Kier molecular flexibility index (Phi) is 4.49. The molecule has 0 bridgehead atoms. The fraction of sp³-hybridized carbons (Fsp3) is 0.455. The van der Waals surface area contributed by atoms with Crippen molar-refractivity contribution in [2.75, 3.05) is 11.9 Å². The van der Waals surface area contributed by atoms with Gasteiger partial charge in [0.15, 0.2) is 5.11 Å². The van der Waals surface area contributed by atoms with Gasteiger partial charge >= 0.3 is 0 Å². The highest BCUT2D eigenvalue weighted by atomic mass is 32.1. The summed E-state index contributed by atoms with van der Waals surface area (Å²) >= 11 is 5.10. The first-order valence-electron chi connectivity index (χ1n) is 5.20. The third-order valence-electron chi connectivity index (χ3n) is 2.03. The molecule has 0 saturated heterocycles. The van der Waals surface area contributed by atoms with E-state index < -0.39 is 0 Å². The summed E-state index contributed by atoms with van der Waals surface area (Å²) in [5.74, 6) is 0.531. The van der Waals surface area contributed by atoms with Crippen LogP contribution in [0.4, 0.5) is 5.69 Å². The van der Waals surface area contributed by atoms with Crippen LogP contribution in [0.2, 0.25) is 0 Å². The molecule has 16 heavy (non-hydrogen) atoms. The largest absolute Gasteiger partial charge is 0.362 e. The molecule has 0 amide bonds. The van der Waals surface area contributed by atoms with Gasteiger partial charge in [-0.1, -0.05) is 13.8 Å². The molecule has 1 rings (SSSR count). The minimum atomic E-state index is -0.0586. The molecule has 4 nitrogen and oxygen atoms in total. The van der Waals surface area contributed by atoms with Gasteiger partial charge in [-0.3, -0.25) is 4.79 Å². The van der Waals surface area contributed by atoms with Crippen molar-refractivity contribution in [3.63, 3.8) is 0 Å². The molecule has 0 radical (unpaired) electrons. The lowest BCUT2D eigenvalue weighted by Crippen LogP contribution is -2.31. The molecule has 5 heteroatoms. The van der Waals surface area contributed by atoms with Crippen molar-refractivity contribution in [2.24, 2.45) is 13.0 Å². The highest BCUT2D eigenvalue weighted by Crippen LogP contribution is 2.01. The van der Waals surface area contributed by atoms with Gasteiger partial charge in [0.2, 0.25) is 0 Å². The molecule has 0 aliphatic carbocycles. The van der Waals surface area contributed by atoms with Crippen molar-refractivity contribution >= 4 is 23.0 Å². The number of pyridine rings is 1. The van der Waals surface area contributed by atoms with Crippen LogP contribution in [-0.2, 0) is 7.05 Å². The van der Waals surface area contributed by atoms with Gasteiger partial charge in [-0.25, -0.2) is 0 Å². The zero-order valence-corrected chi connectivity index (χ0v) is 10.6. The Hall–Kier alpha value is -1.36. The summed E-state index contributed by atoms with van der Waals surface area (Å²) in [5, 5.41) is 6.59. The monoisotopic (exact) mass is 239 g/mol. The quantitative estimate of drug-likeness (QED) is 0.781. The van der Waals surface area contributed by atoms with Crippen molar-refractivity contribution in [1.82, 2.24) is 9.88 Å². The first-order chi connectivity index (χ1) is 7.49. The Morgan fingerprint density at radius 2 is 2.25 bits per heavy atom. The van der Waals surface area contributed by atoms with Gasteiger partial charge < -0.3 is 15.2 Å². The molecule has 0 spiro atoms. The van der Waals surface area contributed by atoms with Crippen LogP contribution in [0.25, 0.3) is 0 Å². The van der Waals surface area contributed by atoms with Gasteiger partial charge in [-0.15, -0.1) is 0 Å². The van der Waals surface area contributed by atoms with E-state index in [0.717, 1.165) is 6.54 Å². The van der Waals surface area contributed by atoms with Crippen LogP contribution in [0.5, 0.6) is 0 Å². The Balaban J connectivity index is 2.56. The van der Waals surface area contributed by atoms with Gasteiger partial charge in [0.1, 0.15) is 0 Å². The van der Waals surface area contributed by atoms with Crippen molar-refractivity contribution in [1.29, 1.82) is 0 Å². The van der Waals surface area contributed by atoms with E-state index in [9.17, 15) is 4.79 Å². The molecule has 0 fully saturated rings. The molecular weight excluding hydrogens is 222 g/mol. The molecular formula is C11H17N3OS. The first kappa shape index (κ1) is 12.7. The second kappa shape index (κ2) is 5.65. The average molecular weight is 239 g/mol. The van der Waals surface area contributed by atoms with Gasteiger partial charge in [0.25, 0.3) is 5.56 Å². The number of hydrogen-bond acceptors (Lipinski definition) is 2. The van der Waals surface area contributed by atoms with Gasteiger partial charge in [0.05, 0.1) is 0 Å². The standard InChI is InChI=1S/C11H17N3OS/c1-8(2)7-12-11(16)13-9-4-5-14(3)10(15)6-9/h4-6,8H,7H2,1-3H3,(H2,12,13,16). The van der Waals surface area contributed by atoms with E-state index in [1.54, 1.807) is 13.2 Å². The maximum absolute atomic E-state index is 11.3. The number of aromatic nitrogens is 1. The fourth-order valence-corrected chi connectivity index (χ4v) is 1.30. The molecule has 88 valence electrons. The number of rotatable bonds is 3. The smallest absolute Gasteiger partial charge is 0.252 e. The summed E-state index contributed by atoms with van der Waals surface area (Å²) in [6, 6.07) is 3.33. The molecule has 1 heterocycles. The van der Waals surface area contributed by atoms with Crippen molar-refractivity contribution in [3.8, 4) is 0 Å². The van der Waals surface area contributed by atoms with Gasteiger partial charge in [0, 0.05) is 31.5 Å². The first-order valence-corrected chi connectivity index (χ1v) is 5.61. The number of nitrogens with one attached hydrogen (secondary N) is 2. The normalized spacial score (nSPS) is 10.2. The van der Waals surface area contributed by atoms with Crippen LogP contribution in [0.1, 0.15) is 13.8 Å². The second-order valence-corrected chi connectivity index (χ2v) is 4.50. The Bertz CT molecular complexity index is 425. The molecule has 0 aliphatic heterocycles. The zero-order valence-electron chi connectivity index (χ0n) is 9.78. The van der Waals surface area contributed by atoms with Crippen molar-refractivity contribution in [2.45, 2.75) is 13.8 Å². The molecule has 0 aliphatic rings. The predicted molar refractivity (Wildman–Crippen MR) is 70.7 cm³/mol. The fourth-order valence-electron chi connectivity index (χ4n) is 1.10. The number of aryl methyl sites for hydroxylation is 1. The maximum Gasteiger partial charge on any atom is 0.252 e.